The van der Waals surface area contributed by atoms with Crippen LogP contribution in [0.3, 0.4) is 0 Å². The van der Waals surface area contributed by atoms with Gasteiger partial charge in [0.15, 0.2) is 0 Å². The average molecular weight is 352 g/mol. The number of esters is 1. The van der Waals surface area contributed by atoms with Crippen molar-refractivity contribution in [3.63, 3.8) is 0 Å². The molecule has 0 spiro atoms. The van der Waals surface area contributed by atoms with Crippen LogP contribution in [0, 0.1) is 5.92 Å². The lowest BCUT2D eigenvalue weighted by Gasteiger charge is -2.33. The minimum absolute atomic E-state index is 0.104. The summed E-state index contributed by atoms with van der Waals surface area (Å²) >= 11 is 0. The minimum atomic E-state index is -0.716. The predicted octanol–water partition coefficient (Wildman–Crippen LogP) is 2.79. The number of nitrogens with one attached hydrogen (secondary N) is 2. The fourth-order valence-electron chi connectivity index (χ4n) is 2.81. The molecule has 2 atom stereocenters. The molecule has 0 unspecified atom stereocenters. The molecular formula is C20H20N2O4. The van der Waals surface area contributed by atoms with Crippen LogP contribution in [-0.2, 0) is 9.53 Å². The average Bonchev–Trinajstić information content (AvgIpc) is 2.66. The fraction of sp³-hybridized carbons (Fsp3) is 0.200. The van der Waals surface area contributed by atoms with Crippen molar-refractivity contribution in [2.45, 2.75) is 6.04 Å². The van der Waals surface area contributed by atoms with E-state index in [0.717, 1.165) is 5.56 Å². The van der Waals surface area contributed by atoms with Crippen LogP contribution < -0.4 is 15.4 Å². The molecule has 0 radical (unpaired) electrons. The summed E-state index contributed by atoms with van der Waals surface area (Å²) in [5, 5.41) is 5.32. The highest BCUT2D eigenvalue weighted by Crippen LogP contribution is 2.30. The molecule has 1 fully saturated rings. The van der Waals surface area contributed by atoms with E-state index >= 15 is 0 Å². The summed E-state index contributed by atoms with van der Waals surface area (Å²) in [4.78, 5) is 24.4. The van der Waals surface area contributed by atoms with E-state index in [9.17, 15) is 9.59 Å². The Hall–Kier alpha value is -3.28. The van der Waals surface area contributed by atoms with E-state index in [1.165, 1.54) is 0 Å². The lowest BCUT2D eigenvalue weighted by atomic mass is 9.89. The van der Waals surface area contributed by atoms with Crippen molar-refractivity contribution in [1.82, 2.24) is 10.6 Å². The van der Waals surface area contributed by atoms with Crippen LogP contribution in [0.15, 0.2) is 72.9 Å². The molecule has 2 amide bonds. The number of urea groups is 1. The molecule has 1 heterocycles. The molecule has 26 heavy (non-hydrogen) atoms. The molecule has 2 aromatic carbocycles. The van der Waals surface area contributed by atoms with Crippen molar-refractivity contribution in [2.24, 2.45) is 5.92 Å². The molecule has 1 aliphatic rings. The van der Waals surface area contributed by atoms with Gasteiger partial charge in [-0.25, -0.2) is 4.79 Å². The van der Waals surface area contributed by atoms with E-state index in [-0.39, 0.29) is 19.2 Å². The summed E-state index contributed by atoms with van der Waals surface area (Å²) in [5.41, 5.74) is 1.13. The number of hydrogen-bond donors (Lipinski definition) is 2. The lowest BCUT2D eigenvalue weighted by Crippen LogP contribution is -2.51. The van der Waals surface area contributed by atoms with Gasteiger partial charge < -0.3 is 20.1 Å². The number of carbonyl (C=O) groups is 2. The van der Waals surface area contributed by atoms with Crippen molar-refractivity contribution in [1.29, 1.82) is 0 Å². The number of rotatable bonds is 6. The second-order valence-corrected chi connectivity index (χ2v) is 5.82. The third-order valence-corrected chi connectivity index (χ3v) is 4.02. The molecule has 0 aliphatic carbocycles. The normalized spacial score (nSPS) is 19.2. The van der Waals surface area contributed by atoms with Gasteiger partial charge in [-0.2, -0.15) is 0 Å². The quantitative estimate of drug-likeness (QED) is 0.619. The van der Waals surface area contributed by atoms with Crippen molar-refractivity contribution in [3.05, 3.63) is 78.5 Å². The molecule has 1 aliphatic heterocycles. The highest BCUT2D eigenvalue weighted by atomic mass is 16.6. The van der Waals surface area contributed by atoms with E-state index in [0.29, 0.717) is 11.4 Å². The molecule has 1 saturated heterocycles. The summed E-state index contributed by atoms with van der Waals surface area (Å²) in [5.74, 6) is -0.471. The highest BCUT2D eigenvalue weighted by Gasteiger charge is 2.38. The number of hydrogen-bond acceptors (Lipinski definition) is 4. The molecule has 6 heteroatoms. The highest BCUT2D eigenvalue weighted by molar-refractivity contribution is 5.85. The molecule has 134 valence electrons. The second kappa shape index (κ2) is 8.20. The SMILES string of the molecule is C=C1NC(=O)N[C@@H](c2ccccc2)[C@@H]1C(=O)OCCOc1ccccc1. The number of ether oxygens (including phenoxy) is 2. The first kappa shape index (κ1) is 17.5. The Bertz CT molecular complexity index is 777. The standard InChI is InChI=1S/C20H20N2O4/c1-14-17(18(22-20(24)21-14)15-8-4-2-5-9-15)19(23)26-13-12-25-16-10-6-3-7-11-16/h2-11,17-18H,1,12-13H2,(H2,21,22,24)/t17-,18+/m1/s1. The summed E-state index contributed by atoms with van der Waals surface area (Å²) in [7, 11) is 0. The Morgan fingerprint density at radius 2 is 1.65 bits per heavy atom. The second-order valence-electron chi connectivity index (χ2n) is 5.82. The van der Waals surface area contributed by atoms with Crippen LogP contribution in [0.2, 0.25) is 0 Å². The number of para-hydroxylation sites is 1. The lowest BCUT2D eigenvalue weighted by molar-refractivity contribution is -0.149. The number of amides is 2. The first-order chi connectivity index (χ1) is 12.6. The molecule has 0 bridgehead atoms. The van der Waals surface area contributed by atoms with Crippen molar-refractivity contribution in [2.75, 3.05) is 13.2 Å². The van der Waals surface area contributed by atoms with Crippen LogP contribution >= 0.6 is 0 Å². The fourth-order valence-corrected chi connectivity index (χ4v) is 2.81. The third-order valence-electron chi connectivity index (χ3n) is 4.02. The van der Waals surface area contributed by atoms with Gasteiger partial charge in [-0.3, -0.25) is 4.79 Å². The Kier molecular flexibility index (Phi) is 5.53. The summed E-state index contributed by atoms with van der Waals surface area (Å²) in [6, 6.07) is 17.6. The Morgan fingerprint density at radius 3 is 2.35 bits per heavy atom. The smallest absolute Gasteiger partial charge is 0.319 e. The van der Waals surface area contributed by atoms with Gasteiger partial charge in [0.1, 0.15) is 24.9 Å². The molecule has 0 aromatic heterocycles. The maximum absolute atomic E-state index is 12.6. The zero-order valence-electron chi connectivity index (χ0n) is 14.2. The summed E-state index contributed by atoms with van der Waals surface area (Å²) in [6.07, 6.45) is 0. The molecule has 3 rings (SSSR count). The van der Waals surface area contributed by atoms with Crippen molar-refractivity contribution in [3.8, 4) is 5.75 Å². The summed E-state index contributed by atoms with van der Waals surface area (Å²) < 4.78 is 10.9. The van der Waals surface area contributed by atoms with Crippen LogP contribution in [0.5, 0.6) is 5.75 Å². The van der Waals surface area contributed by atoms with Gasteiger partial charge >= 0.3 is 12.0 Å². The van der Waals surface area contributed by atoms with Gasteiger partial charge in [0.2, 0.25) is 0 Å². The van der Waals surface area contributed by atoms with Crippen molar-refractivity contribution < 1.29 is 19.1 Å². The zero-order chi connectivity index (χ0) is 18.4. The molecule has 2 N–H and O–H groups in total. The summed E-state index contributed by atoms with van der Waals surface area (Å²) in [6.45, 7) is 4.16. The molecule has 6 nitrogen and oxygen atoms in total. The largest absolute Gasteiger partial charge is 0.490 e. The Labute approximate surface area is 151 Å². The van der Waals surface area contributed by atoms with Crippen LogP contribution in [0.4, 0.5) is 4.79 Å². The van der Waals surface area contributed by atoms with E-state index in [4.69, 9.17) is 9.47 Å². The van der Waals surface area contributed by atoms with E-state index < -0.39 is 17.9 Å². The van der Waals surface area contributed by atoms with Crippen molar-refractivity contribution >= 4 is 12.0 Å². The third kappa shape index (κ3) is 4.22. The van der Waals surface area contributed by atoms with Gasteiger partial charge in [-0.15, -0.1) is 0 Å². The predicted molar refractivity (Wildman–Crippen MR) is 96.4 cm³/mol. The topological polar surface area (TPSA) is 76.7 Å². The first-order valence-electron chi connectivity index (χ1n) is 8.31. The zero-order valence-corrected chi connectivity index (χ0v) is 14.2. The maximum Gasteiger partial charge on any atom is 0.319 e. The minimum Gasteiger partial charge on any atom is -0.490 e. The van der Waals surface area contributed by atoms with Crippen LogP contribution in [0.1, 0.15) is 11.6 Å². The maximum atomic E-state index is 12.6. The van der Waals surface area contributed by atoms with Gasteiger partial charge in [-0.05, 0) is 17.7 Å². The van der Waals surface area contributed by atoms with Gasteiger partial charge in [-0.1, -0.05) is 55.1 Å². The Morgan fingerprint density at radius 1 is 1.00 bits per heavy atom. The van der Waals surface area contributed by atoms with Gasteiger partial charge in [0, 0.05) is 5.70 Å². The number of carbonyl (C=O) groups excluding carboxylic acids is 2. The monoisotopic (exact) mass is 352 g/mol. The number of benzene rings is 2. The Balaban J connectivity index is 1.61. The molecular weight excluding hydrogens is 332 g/mol. The van der Waals surface area contributed by atoms with Gasteiger partial charge in [0.25, 0.3) is 0 Å². The van der Waals surface area contributed by atoms with Crippen LogP contribution in [-0.4, -0.2) is 25.2 Å². The van der Waals surface area contributed by atoms with Gasteiger partial charge in [0.05, 0.1) is 6.04 Å². The van der Waals surface area contributed by atoms with E-state index in [1.54, 1.807) is 0 Å². The van der Waals surface area contributed by atoms with Crippen LogP contribution in [0.25, 0.3) is 0 Å². The van der Waals surface area contributed by atoms with E-state index in [1.807, 2.05) is 60.7 Å². The molecule has 2 aromatic rings. The van der Waals surface area contributed by atoms with E-state index in [2.05, 4.69) is 17.2 Å². The molecule has 0 saturated carbocycles. The first-order valence-corrected chi connectivity index (χ1v) is 8.31.